The molecule has 0 aliphatic heterocycles. The average molecular weight is 193 g/mol. The van der Waals surface area contributed by atoms with E-state index in [4.69, 9.17) is 11.1 Å². The van der Waals surface area contributed by atoms with E-state index in [-0.39, 0.29) is 0 Å². The Morgan fingerprint density at radius 3 is 2.54 bits per heavy atom. The van der Waals surface area contributed by atoms with Gasteiger partial charge >= 0.3 is 0 Å². The Hall–Kier alpha value is -1.22. The Bertz CT molecular complexity index is 303. The first-order valence-electron chi connectivity index (χ1n) is 3.94. The van der Waals surface area contributed by atoms with Crippen molar-refractivity contribution in [2.24, 2.45) is 5.73 Å². The number of hydrogen-bond donors (Lipinski definition) is 2. The van der Waals surface area contributed by atoms with Gasteiger partial charge in [-0.1, -0.05) is 36.9 Å². The molecule has 0 radical (unpaired) electrons. The van der Waals surface area contributed by atoms with Gasteiger partial charge in [-0.3, -0.25) is 11.1 Å². The van der Waals surface area contributed by atoms with Crippen molar-refractivity contribution in [1.82, 2.24) is 0 Å². The lowest BCUT2D eigenvalue weighted by atomic mass is 10.1. The molecule has 1 rings (SSSR count). The molecule has 0 saturated heterocycles. The molecular formula is C10H13N2S+. The van der Waals surface area contributed by atoms with Crippen LogP contribution in [-0.4, -0.2) is 5.17 Å². The number of benzene rings is 1. The highest BCUT2D eigenvalue weighted by Gasteiger charge is 1.97. The zero-order valence-corrected chi connectivity index (χ0v) is 8.18. The molecule has 2 nitrogen and oxygen atoms in total. The largest absolute Gasteiger partial charge is 0.300 e. The number of rotatable bonds is 3. The Balaban J connectivity index is 2.59. The maximum Gasteiger partial charge on any atom is 0.300 e. The molecule has 0 aliphatic carbocycles. The van der Waals surface area contributed by atoms with Crippen LogP contribution in [0.4, 0.5) is 0 Å². The molecule has 0 bridgehead atoms. The smallest absolute Gasteiger partial charge is 0.282 e. The highest BCUT2D eigenvalue weighted by atomic mass is 32.2. The lowest BCUT2D eigenvalue weighted by molar-refractivity contribution is -0.110. The predicted molar refractivity (Wildman–Crippen MR) is 58.9 cm³/mol. The quantitative estimate of drug-likeness (QED) is 0.546. The molecule has 0 heterocycles. The zero-order valence-electron chi connectivity index (χ0n) is 7.36. The number of hydrogen-bond acceptors (Lipinski definition) is 1. The zero-order chi connectivity index (χ0) is 9.68. The molecule has 0 aromatic heterocycles. The lowest BCUT2D eigenvalue weighted by Crippen LogP contribution is -2.43. The van der Waals surface area contributed by atoms with E-state index < -0.39 is 0 Å². The van der Waals surface area contributed by atoms with Crippen molar-refractivity contribution in [3.05, 3.63) is 42.0 Å². The van der Waals surface area contributed by atoms with Gasteiger partial charge in [-0.2, -0.15) is 0 Å². The summed E-state index contributed by atoms with van der Waals surface area (Å²) in [7, 11) is 0. The van der Waals surface area contributed by atoms with Crippen LogP contribution in [0.15, 0.2) is 30.8 Å². The van der Waals surface area contributed by atoms with Crippen molar-refractivity contribution >= 4 is 23.0 Å². The third kappa shape index (κ3) is 3.34. The van der Waals surface area contributed by atoms with Gasteiger partial charge in [0.25, 0.3) is 5.17 Å². The maximum absolute atomic E-state index is 5.34. The van der Waals surface area contributed by atoms with E-state index in [1.54, 1.807) is 0 Å². The lowest BCUT2D eigenvalue weighted by Gasteiger charge is -1.98. The second-order valence-corrected chi connectivity index (χ2v) is 3.69. The second-order valence-electron chi connectivity index (χ2n) is 2.64. The Morgan fingerprint density at radius 1 is 1.46 bits per heavy atom. The van der Waals surface area contributed by atoms with Gasteiger partial charge in [0.1, 0.15) is 0 Å². The summed E-state index contributed by atoms with van der Waals surface area (Å²) < 4.78 is 0. The monoisotopic (exact) mass is 193 g/mol. The van der Waals surface area contributed by atoms with Gasteiger partial charge < -0.3 is 0 Å². The maximum atomic E-state index is 5.34. The number of amidine groups is 1. The molecule has 0 saturated carbocycles. The molecular weight excluding hydrogens is 180 g/mol. The van der Waals surface area contributed by atoms with Gasteiger partial charge in [0.05, 0.1) is 0 Å². The minimum atomic E-state index is 0.410. The minimum absolute atomic E-state index is 0.410. The van der Waals surface area contributed by atoms with Gasteiger partial charge in [0, 0.05) is 5.75 Å². The summed E-state index contributed by atoms with van der Waals surface area (Å²) in [4.78, 5) is 0. The molecule has 4 N–H and O–H groups in total. The van der Waals surface area contributed by atoms with Gasteiger partial charge in [0.15, 0.2) is 0 Å². The fourth-order valence-corrected chi connectivity index (χ4v) is 1.44. The van der Waals surface area contributed by atoms with Crippen LogP contribution in [-0.2, 0) is 5.75 Å². The highest BCUT2D eigenvalue weighted by Crippen LogP contribution is 2.12. The first-order valence-corrected chi connectivity index (χ1v) is 4.93. The van der Waals surface area contributed by atoms with Crippen molar-refractivity contribution in [3.63, 3.8) is 0 Å². The molecule has 0 spiro atoms. The van der Waals surface area contributed by atoms with E-state index in [2.05, 4.69) is 6.58 Å². The summed E-state index contributed by atoms with van der Waals surface area (Å²) in [6.07, 6.45) is 1.82. The highest BCUT2D eigenvalue weighted by molar-refractivity contribution is 8.12. The molecule has 0 aliphatic rings. The summed E-state index contributed by atoms with van der Waals surface area (Å²) in [5, 5.41) is 5.75. The first-order chi connectivity index (χ1) is 6.22. The average Bonchev–Trinajstić information content (AvgIpc) is 2.15. The third-order valence-electron chi connectivity index (χ3n) is 1.62. The molecule has 1 aromatic rings. The van der Waals surface area contributed by atoms with E-state index in [1.807, 2.05) is 30.3 Å². The van der Waals surface area contributed by atoms with Crippen molar-refractivity contribution < 1.29 is 5.41 Å². The van der Waals surface area contributed by atoms with Crippen LogP contribution in [0.2, 0.25) is 0 Å². The summed E-state index contributed by atoms with van der Waals surface area (Å²) in [5.41, 5.74) is 7.67. The third-order valence-corrected chi connectivity index (χ3v) is 2.43. The van der Waals surface area contributed by atoms with Crippen molar-refractivity contribution in [3.8, 4) is 0 Å². The summed E-state index contributed by atoms with van der Waals surface area (Å²) in [6.45, 7) is 3.69. The van der Waals surface area contributed by atoms with Crippen LogP contribution in [0.5, 0.6) is 0 Å². The van der Waals surface area contributed by atoms with E-state index in [9.17, 15) is 0 Å². The molecule has 13 heavy (non-hydrogen) atoms. The summed E-state index contributed by atoms with van der Waals surface area (Å²) in [6, 6.07) is 8.14. The van der Waals surface area contributed by atoms with E-state index in [0.717, 1.165) is 11.3 Å². The van der Waals surface area contributed by atoms with E-state index in [0.29, 0.717) is 5.17 Å². The molecule has 0 amide bonds. The molecule has 1 aromatic carbocycles. The molecule has 68 valence electrons. The van der Waals surface area contributed by atoms with E-state index in [1.165, 1.54) is 17.3 Å². The van der Waals surface area contributed by atoms with Crippen LogP contribution < -0.4 is 11.1 Å². The van der Waals surface area contributed by atoms with Crippen molar-refractivity contribution in [1.29, 1.82) is 0 Å². The first kappa shape index (κ1) is 9.86. The van der Waals surface area contributed by atoms with E-state index >= 15 is 0 Å². The molecule has 3 heteroatoms. The van der Waals surface area contributed by atoms with Crippen molar-refractivity contribution in [2.75, 3.05) is 0 Å². The molecule has 0 unspecified atom stereocenters. The summed E-state index contributed by atoms with van der Waals surface area (Å²) >= 11 is 1.44. The predicted octanol–water partition coefficient (Wildman–Crippen LogP) is 0.637. The van der Waals surface area contributed by atoms with Crippen LogP contribution >= 0.6 is 11.8 Å². The second kappa shape index (κ2) is 4.72. The molecule has 0 fully saturated rings. The van der Waals surface area contributed by atoms with Gasteiger partial charge in [-0.05, 0) is 22.9 Å². The van der Waals surface area contributed by atoms with Crippen LogP contribution in [0.25, 0.3) is 6.08 Å². The van der Waals surface area contributed by atoms with Crippen LogP contribution in [0.3, 0.4) is 0 Å². The summed E-state index contributed by atoms with van der Waals surface area (Å²) in [5.74, 6) is 0.819. The Kier molecular flexibility index (Phi) is 3.58. The standard InChI is InChI=1S/C10H12N2S/c1-2-8-3-5-9(6-4-8)7-13-10(11)12/h2-6H,1,7H2,(H3,11,12)/p+1. The van der Waals surface area contributed by atoms with Crippen LogP contribution in [0, 0.1) is 0 Å². The topological polar surface area (TPSA) is 51.6 Å². The van der Waals surface area contributed by atoms with Crippen molar-refractivity contribution in [2.45, 2.75) is 5.75 Å². The fourth-order valence-electron chi connectivity index (χ4n) is 0.917. The minimum Gasteiger partial charge on any atom is -0.282 e. The fraction of sp³-hybridized carbons (Fsp3) is 0.100. The number of nitrogens with two attached hydrogens (primary N) is 2. The SMILES string of the molecule is C=Cc1ccc(CSC(N)=[NH2+])cc1. The van der Waals surface area contributed by atoms with Gasteiger partial charge in [0.2, 0.25) is 0 Å². The normalized spacial score (nSPS) is 9.54. The molecule has 0 atom stereocenters. The number of thioether (sulfide) groups is 1. The Labute approximate surface area is 82.3 Å². The van der Waals surface area contributed by atoms with Gasteiger partial charge in [-0.25, -0.2) is 0 Å². The van der Waals surface area contributed by atoms with Gasteiger partial charge in [-0.15, -0.1) is 0 Å². The Morgan fingerprint density at radius 2 is 2.08 bits per heavy atom. The van der Waals surface area contributed by atoms with Crippen LogP contribution in [0.1, 0.15) is 11.1 Å².